The number of hydrogen-bond acceptors (Lipinski definition) is 4. The largest absolute Gasteiger partial charge is 0.508 e. The lowest BCUT2D eigenvalue weighted by Crippen LogP contribution is -2.26. The van der Waals surface area contributed by atoms with Crippen molar-refractivity contribution in [2.75, 3.05) is 12.3 Å². The molecule has 0 bridgehead atoms. The number of amides is 1. The molecule has 2 rings (SSSR count). The Morgan fingerprint density at radius 1 is 1.32 bits per heavy atom. The lowest BCUT2D eigenvalue weighted by Gasteiger charge is -2.07. The lowest BCUT2D eigenvalue weighted by molar-refractivity contribution is 0.0954. The number of phenolic OH excluding ortho intramolecular Hbond substituents is 1. The first kappa shape index (κ1) is 12.9. The molecule has 0 aliphatic carbocycles. The van der Waals surface area contributed by atoms with Gasteiger partial charge in [0.05, 0.1) is 5.56 Å². The molecule has 0 spiro atoms. The zero-order valence-electron chi connectivity index (χ0n) is 10.3. The second kappa shape index (κ2) is 5.86. The first-order valence-electron chi connectivity index (χ1n) is 5.93. The van der Waals surface area contributed by atoms with Gasteiger partial charge in [-0.3, -0.25) is 9.78 Å². The summed E-state index contributed by atoms with van der Waals surface area (Å²) in [5.74, 6) is -0.284. The highest BCUT2D eigenvalue weighted by Crippen LogP contribution is 2.18. The molecular weight excluding hydrogens is 242 g/mol. The van der Waals surface area contributed by atoms with Gasteiger partial charge in [-0.1, -0.05) is 6.07 Å². The predicted molar refractivity (Wildman–Crippen MR) is 72.8 cm³/mol. The maximum Gasteiger partial charge on any atom is 0.253 e. The van der Waals surface area contributed by atoms with E-state index >= 15 is 0 Å². The first-order chi connectivity index (χ1) is 9.16. The minimum atomic E-state index is -0.302. The normalized spacial score (nSPS) is 10.1. The zero-order chi connectivity index (χ0) is 13.7. The van der Waals surface area contributed by atoms with E-state index < -0.39 is 0 Å². The minimum absolute atomic E-state index is 0.0177. The summed E-state index contributed by atoms with van der Waals surface area (Å²) in [4.78, 5) is 16.0. The number of benzene rings is 1. The van der Waals surface area contributed by atoms with E-state index in [9.17, 15) is 9.90 Å². The Labute approximate surface area is 111 Å². The zero-order valence-corrected chi connectivity index (χ0v) is 10.3. The summed E-state index contributed by atoms with van der Waals surface area (Å²) in [6, 6.07) is 9.94. The van der Waals surface area contributed by atoms with Crippen LogP contribution in [0.15, 0.2) is 42.6 Å². The third-order valence-electron chi connectivity index (χ3n) is 2.67. The van der Waals surface area contributed by atoms with Gasteiger partial charge in [0.2, 0.25) is 0 Å². The molecule has 0 atom stereocenters. The van der Waals surface area contributed by atoms with E-state index in [4.69, 9.17) is 5.73 Å². The quantitative estimate of drug-likeness (QED) is 0.569. The molecular formula is C14H15N3O2. The van der Waals surface area contributed by atoms with Crippen molar-refractivity contribution in [3.8, 4) is 5.75 Å². The van der Waals surface area contributed by atoms with Gasteiger partial charge in [-0.25, -0.2) is 0 Å². The van der Waals surface area contributed by atoms with E-state index in [1.165, 1.54) is 18.2 Å². The molecule has 98 valence electrons. The summed E-state index contributed by atoms with van der Waals surface area (Å²) >= 11 is 0. The Balaban J connectivity index is 1.93. The standard InChI is InChI=1S/C14H15N3O2/c15-13-5-4-11(18)9-12(13)14(19)17-8-6-10-3-1-2-7-16-10/h1-5,7,9,18H,6,8,15H2,(H,17,19). The topological polar surface area (TPSA) is 88.2 Å². The third kappa shape index (κ3) is 3.45. The van der Waals surface area contributed by atoms with Crippen LogP contribution in [0.5, 0.6) is 5.75 Å². The maximum atomic E-state index is 11.9. The first-order valence-corrected chi connectivity index (χ1v) is 5.93. The van der Waals surface area contributed by atoms with Crippen molar-refractivity contribution in [3.05, 3.63) is 53.9 Å². The molecule has 0 aliphatic rings. The Morgan fingerprint density at radius 2 is 2.16 bits per heavy atom. The van der Waals surface area contributed by atoms with Gasteiger partial charge in [0.15, 0.2) is 0 Å². The maximum absolute atomic E-state index is 11.9. The van der Waals surface area contributed by atoms with Crippen LogP contribution in [-0.4, -0.2) is 22.5 Å². The number of nitrogen functional groups attached to an aromatic ring is 1. The van der Waals surface area contributed by atoms with Crippen molar-refractivity contribution in [1.82, 2.24) is 10.3 Å². The number of hydrogen-bond donors (Lipinski definition) is 3. The average Bonchev–Trinajstić information content (AvgIpc) is 2.42. The number of carbonyl (C=O) groups is 1. The molecule has 1 amide bonds. The van der Waals surface area contributed by atoms with E-state index in [0.29, 0.717) is 18.7 Å². The van der Waals surface area contributed by atoms with Crippen molar-refractivity contribution >= 4 is 11.6 Å². The fraction of sp³-hybridized carbons (Fsp3) is 0.143. The molecule has 1 aromatic carbocycles. The van der Waals surface area contributed by atoms with Gasteiger partial charge in [0, 0.05) is 30.5 Å². The molecule has 0 radical (unpaired) electrons. The molecule has 0 saturated heterocycles. The van der Waals surface area contributed by atoms with Crippen LogP contribution >= 0.6 is 0 Å². The van der Waals surface area contributed by atoms with Crippen molar-refractivity contribution in [3.63, 3.8) is 0 Å². The van der Waals surface area contributed by atoms with Gasteiger partial charge >= 0.3 is 0 Å². The molecule has 1 heterocycles. The van der Waals surface area contributed by atoms with Crippen LogP contribution in [0.3, 0.4) is 0 Å². The fourth-order valence-corrected chi connectivity index (χ4v) is 1.69. The predicted octanol–water partition coefficient (Wildman–Crippen LogP) is 1.34. The van der Waals surface area contributed by atoms with Crippen LogP contribution in [0.4, 0.5) is 5.69 Å². The summed E-state index contributed by atoms with van der Waals surface area (Å²) in [5, 5.41) is 12.1. The average molecular weight is 257 g/mol. The number of rotatable bonds is 4. The highest BCUT2D eigenvalue weighted by molar-refractivity contribution is 5.99. The number of aromatic hydroxyl groups is 1. The third-order valence-corrected chi connectivity index (χ3v) is 2.67. The number of carbonyl (C=O) groups excluding carboxylic acids is 1. The molecule has 19 heavy (non-hydrogen) atoms. The second-order valence-corrected chi connectivity index (χ2v) is 4.10. The van der Waals surface area contributed by atoms with Gasteiger partial charge in [-0.2, -0.15) is 0 Å². The van der Waals surface area contributed by atoms with E-state index in [0.717, 1.165) is 5.69 Å². The van der Waals surface area contributed by atoms with Crippen molar-refractivity contribution in [1.29, 1.82) is 0 Å². The Morgan fingerprint density at radius 3 is 2.89 bits per heavy atom. The van der Waals surface area contributed by atoms with E-state index in [-0.39, 0.29) is 17.2 Å². The number of nitrogens with one attached hydrogen (secondary N) is 1. The van der Waals surface area contributed by atoms with Crippen molar-refractivity contribution < 1.29 is 9.90 Å². The van der Waals surface area contributed by atoms with Gasteiger partial charge in [0.25, 0.3) is 5.91 Å². The summed E-state index contributed by atoms with van der Waals surface area (Å²) in [6.07, 6.45) is 2.36. The molecule has 4 N–H and O–H groups in total. The van der Waals surface area contributed by atoms with E-state index in [1.807, 2.05) is 18.2 Å². The number of nitrogens with zero attached hydrogens (tertiary/aromatic N) is 1. The summed E-state index contributed by atoms with van der Waals surface area (Å²) in [5.41, 5.74) is 7.22. The SMILES string of the molecule is Nc1ccc(O)cc1C(=O)NCCc1ccccn1. The van der Waals surface area contributed by atoms with Crippen molar-refractivity contribution in [2.45, 2.75) is 6.42 Å². The van der Waals surface area contributed by atoms with Crippen LogP contribution in [-0.2, 0) is 6.42 Å². The van der Waals surface area contributed by atoms with Crippen LogP contribution in [0.2, 0.25) is 0 Å². The van der Waals surface area contributed by atoms with Gasteiger partial charge < -0.3 is 16.2 Å². The Bertz CT molecular complexity index is 570. The molecule has 0 saturated carbocycles. The molecule has 0 aliphatic heterocycles. The van der Waals surface area contributed by atoms with Crippen LogP contribution < -0.4 is 11.1 Å². The minimum Gasteiger partial charge on any atom is -0.508 e. The summed E-state index contributed by atoms with van der Waals surface area (Å²) in [7, 11) is 0. The van der Waals surface area contributed by atoms with Crippen LogP contribution in [0, 0.1) is 0 Å². The number of anilines is 1. The van der Waals surface area contributed by atoms with E-state index in [1.54, 1.807) is 6.20 Å². The molecule has 1 aromatic heterocycles. The number of phenols is 1. The van der Waals surface area contributed by atoms with E-state index in [2.05, 4.69) is 10.3 Å². The van der Waals surface area contributed by atoms with Crippen molar-refractivity contribution in [2.24, 2.45) is 0 Å². The molecule has 2 aromatic rings. The number of pyridine rings is 1. The number of aromatic nitrogens is 1. The number of nitrogens with two attached hydrogens (primary N) is 1. The molecule has 0 fully saturated rings. The fourth-order valence-electron chi connectivity index (χ4n) is 1.69. The summed E-state index contributed by atoms with van der Waals surface area (Å²) in [6.45, 7) is 0.463. The van der Waals surface area contributed by atoms with Crippen LogP contribution in [0.1, 0.15) is 16.1 Å². The molecule has 5 nitrogen and oxygen atoms in total. The molecule has 5 heteroatoms. The smallest absolute Gasteiger partial charge is 0.253 e. The Hall–Kier alpha value is -2.56. The monoisotopic (exact) mass is 257 g/mol. The van der Waals surface area contributed by atoms with Crippen LogP contribution in [0.25, 0.3) is 0 Å². The molecule has 0 unspecified atom stereocenters. The highest BCUT2D eigenvalue weighted by Gasteiger charge is 2.09. The second-order valence-electron chi connectivity index (χ2n) is 4.10. The van der Waals surface area contributed by atoms with Gasteiger partial charge in [-0.05, 0) is 30.3 Å². The summed E-state index contributed by atoms with van der Waals surface area (Å²) < 4.78 is 0. The Kier molecular flexibility index (Phi) is 3.97. The van der Waals surface area contributed by atoms with Gasteiger partial charge in [-0.15, -0.1) is 0 Å². The lowest BCUT2D eigenvalue weighted by atomic mass is 10.1. The van der Waals surface area contributed by atoms with Gasteiger partial charge in [0.1, 0.15) is 5.75 Å². The highest BCUT2D eigenvalue weighted by atomic mass is 16.3.